The maximum absolute atomic E-state index is 5.12. The van der Waals surface area contributed by atoms with Crippen LogP contribution in [-0.4, -0.2) is 29.7 Å². The molecule has 1 aromatic rings. The first-order valence-electron chi connectivity index (χ1n) is 7.14. The van der Waals surface area contributed by atoms with Crippen LogP contribution in [0, 0.1) is 5.92 Å². The summed E-state index contributed by atoms with van der Waals surface area (Å²) < 4.78 is 5.12. The van der Waals surface area contributed by atoms with Crippen LogP contribution in [0.4, 0.5) is 11.6 Å². The second-order valence-electron chi connectivity index (χ2n) is 5.07. The Bertz CT molecular complexity index is 410. The van der Waals surface area contributed by atoms with Gasteiger partial charge in [-0.2, -0.15) is 0 Å². The Balaban J connectivity index is 2.05. The molecule has 1 aliphatic carbocycles. The molecule has 0 aliphatic heterocycles. The van der Waals surface area contributed by atoms with E-state index in [9.17, 15) is 0 Å². The molecule has 0 bridgehead atoms. The molecule has 2 N–H and O–H groups in total. The fourth-order valence-electron chi connectivity index (χ4n) is 2.17. The van der Waals surface area contributed by atoms with E-state index in [1.807, 2.05) is 6.07 Å². The number of nitrogens with one attached hydrogen (secondary N) is 2. The number of rotatable bonds is 8. The summed E-state index contributed by atoms with van der Waals surface area (Å²) in [5.41, 5.74) is 0. The summed E-state index contributed by atoms with van der Waals surface area (Å²) >= 11 is 0. The average Bonchev–Trinajstić information content (AvgIpc) is 3.15. The summed E-state index contributed by atoms with van der Waals surface area (Å²) in [6, 6.07) is 2.56. The lowest BCUT2D eigenvalue weighted by Gasteiger charge is -2.10. The van der Waals surface area contributed by atoms with Gasteiger partial charge in [0.1, 0.15) is 18.2 Å². The fourth-order valence-corrected chi connectivity index (χ4v) is 2.17. The van der Waals surface area contributed by atoms with Gasteiger partial charge in [-0.05, 0) is 18.8 Å². The standard InChI is InChI=1S/C14H24N4O/c1-4-6-15-12-8-13(16-11-7-10(11)5-2)18-14(17-12)9-19-3/h8,10-11H,4-7,9H2,1-3H3,(H2,15,16,17,18). The van der Waals surface area contributed by atoms with E-state index in [4.69, 9.17) is 4.74 Å². The SMILES string of the molecule is CCCNc1cc(NC2CC2CC)nc(COC)n1. The second kappa shape index (κ2) is 6.70. The van der Waals surface area contributed by atoms with Gasteiger partial charge in [0.25, 0.3) is 0 Å². The van der Waals surface area contributed by atoms with Crippen LogP contribution >= 0.6 is 0 Å². The highest BCUT2D eigenvalue weighted by Crippen LogP contribution is 2.35. The maximum atomic E-state index is 5.12. The smallest absolute Gasteiger partial charge is 0.158 e. The first kappa shape index (κ1) is 14.1. The molecule has 1 aliphatic rings. The van der Waals surface area contributed by atoms with E-state index in [2.05, 4.69) is 34.4 Å². The minimum absolute atomic E-state index is 0.443. The Morgan fingerprint density at radius 1 is 1.32 bits per heavy atom. The lowest BCUT2D eigenvalue weighted by atomic mass is 10.3. The lowest BCUT2D eigenvalue weighted by molar-refractivity contribution is 0.178. The zero-order valence-electron chi connectivity index (χ0n) is 12.1. The quantitative estimate of drug-likeness (QED) is 0.756. The molecule has 5 nitrogen and oxygen atoms in total. The van der Waals surface area contributed by atoms with Crippen molar-refractivity contribution in [3.63, 3.8) is 0 Å². The van der Waals surface area contributed by atoms with Crippen LogP contribution in [-0.2, 0) is 11.3 Å². The molecule has 0 radical (unpaired) electrons. The van der Waals surface area contributed by atoms with E-state index in [0.717, 1.165) is 36.3 Å². The van der Waals surface area contributed by atoms with Gasteiger partial charge >= 0.3 is 0 Å². The van der Waals surface area contributed by atoms with Crippen LogP contribution in [0.3, 0.4) is 0 Å². The van der Waals surface area contributed by atoms with Crippen molar-refractivity contribution >= 4 is 11.6 Å². The van der Waals surface area contributed by atoms with Crippen molar-refractivity contribution in [1.82, 2.24) is 9.97 Å². The van der Waals surface area contributed by atoms with Crippen molar-refractivity contribution < 1.29 is 4.74 Å². The van der Waals surface area contributed by atoms with E-state index >= 15 is 0 Å². The Hall–Kier alpha value is -1.36. The van der Waals surface area contributed by atoms with E-state index in [1.54, 1.807) is 7.11 Å². The van der Waals surface area contributed by atoms with Crippen molar-refractivity contribution in [2.45, 2.75) is 45.8 Å². The van der Waals surface area contributed by atoms with Gasteiger partial charge in [-0.15, -0.1) is 0 Å². The molecule has 0 saturated heterocycles. The van der Waals surface area contributed by atoms with Crippen LogP contribution in [0.15, 0.2) is 6.07 Å². The van der Waals surface area contributed by atoms with Crippen molar-refractivity contribution in [1.29, 1.82) is 0 Å². The normalized spacial score (nSPS) is 21.2. The van der Waals surface area contributed by atoms with Crippen molar-refractivity contribution in [3.8, 4) is 0 Å². The molecular weight excluding hydrogens is 240 g/mol. The molecule has 2 unspecified atom stereocenters. The monoisotopic (exact) mass is 264 g/mol. The van der Waals surface area contributed by atoms with Crippen molar-refractivity contribution in [2.24, 2.45) is 5.92 Å². The number of hydrogen-bond donors (Lipinski definition) is 2. The van der Waals surface area contributed by atoms with E-state index in [-0.39, 0.29) is 0 Å². The van der Waals surface area contributed by atoms with Crippen LogP contribution < -0.4 is 10.6 Å². The topological polar surface area (TPSA) is 59.1 Å². The number of hydrogen-bond acceptors (Lipinski definition) is 5. The summed E-state index contributed by atoms with van der Waals surface area (Å²) in [4.78, 5) is 8.93. The first-order valence-corrected chi connectivity index (χ1v) is 7.14. The molecule has 0 spiro atoms. The van der Waals surface area contributed by atoms with E-state index in [0.29, 0.717) is 12.6 Å². The minimum Gasteiger partial charge on any atom is -0.377 e. The molecule has 1 fully saturated rings. The Morgan fingerprint density at radius 3 is 2.74 bits per heavy atom. The molecule has 1 aromatic heterocycles. The van der Waals surface area contributed by atoms with Gasteiger partial charge in [-0.1, -0.05) is 20.3 Å². The summed E-state index contributed by atoms with van der Waals surface area (Å²) in [5, 5.41) is 6.79. The third kappa shape index (κ3) is 4.06. The molecule has 1 saturated carbocycles. The number of nitrogens with zero attached hydrogens (tertiary/aromatic N) is 2. The molecule has 19 heavy (non-hydrogen) atoms. The van der Waals surface area contributed by atoms with Gasteiger partial charge in [-0.3, -0.25) is 0 Å². The van der Waals surface area contributed by atoms with Gasteiger partial charge in [-0.25, -0.2) is 9.97 Å². The molecule has 5 heteroatoms. The fraction of sp³-hybridized carbons (Fsp3) is 0.714. The van der Waals surface area contributed by atoms with E-state index in [1.165, 1.54) is 12.8 Å². The highest BCUT2D eigenvalue weighted by atomic mass is 16.5. The Kier molecular flexibility index (Phi) is 4.96. The maximum Gasteiger partial charge on any atom is 0.158 e. The number of aromatic nitrogens is 2. The Labute approximate surface area is 115 Å². The van der Waals surface area contributed by atoms with Crippen LogP contribution in [0.5, 0.6) is 0 Å². The molecule has 2 rings (SSSR count). The molecule has 2 atom stereocenters. The predicted octanol–water partition coefficient (Wildman–Crippen LogP) is 2.66. The van der Waals surface area contributed by atoms with Crippen LogP contribution in [0.1, 0.15) is 38.9 Å². The molecule has 0 aromatic carbocycles. The highest BCUT2D eigenvalue weighted by molar-refractivity contribution is 5.48. The highest BCUT2D eigenvalue weighted by Gasteiger charge is 2.35. The van der Waals surface area contributed by atoms with Gasteiger partial charge in [0.2, 0.25) is 0 Å². The van der Waals surface area contributed by atoms with Crippen LogP contribution in [0.25, 0.3) is 0 Å². The van der Waals surface area contributed by atoms with Gasteiger partial charge < -0.3 is 15.4 Å². The molecular formula is C14H24N4O. The zero-order chi connectivity index (χ0) is 13.7. The predicted molar refractivity (Wildman–Crippen MR) is 77.3 cm³/mol. The average molecular weight is 264 g/mol. The third-order valence-electron chi connectivity index (χ3n) is 3.38. The summed E-state index contributed by atoms with van der Waals surface area (Å²) in [6.45, 7) is 5.73. The van der Waals surface area contributed by atoms with Gasteiger partial charge in [0.15, 0.2) is 5.82 Å². The second-order valence-corrected chi connectivity index (χ2v) is 5.07. The lowest BCUT2D eigenvalue weighted by Crippen LogP contribution is -2.11. The minimum atomic E-state index is 0.443. The number of methoxy groups -OCH3 is 1. The summed E-state index contributed by atoms with van der Waals surface area (Å²) in [6.07, 6.45) is 3.55. The number of ether oxygens (including phenoxy) is 1. The van der Waals surface area contributed by atoms with Crippen molar-refractivity contribution in [3.05, 3.63) is 11.9 Å². The largest absolute Gasteiger partial charge is 0.377 e. The molecule has 1 heterocycles. The zero-order valence-corrected chi connectivity index (χ0v) is 12.1. The van der Waals surface area contributed by atoms with Crippen LogP contribution in [0.2, 0.25) is 0 Å². The third-order valence-corrected chi connectivity index (χ3v) is 3.38. The van der Waals surface area contributed by atoms with E-state index < -0.39 is 0 Å². The molecule has 0 amide bonds. The van der Waals surface area contributed by atoms with Gasteiger partial charge in [0.05, 0.1) is 0 Å². The summed E-state index contributed by atoms with van der Waals surface area (Å²) in [5.74, 6) is 3.30. The van der Waals surface area contributed by atoms with Crippen molar-refractivity contribution in [2.75, 3.05) is 24.3 Å². The Morgan fingerprint density at radius 2 is 2.11 bits per heavy atom. The first-order chi connectivity index (χ1) is 9.26. The number of anilines is 2. The summed E-state index contributed by atoms with van der Waals surface area (Å²) in [7, 11) is 1.66. The molecule has 106 valence electrons. The van der Waals surface area contributed by atoms with Gasteiger partial charge in [0, 0.05) is 25.8 Å².